The Morgan fingerprint density at radius 2 is 2.19 bits per heavy atom. The molecule has 1 aliphatic rings. The molecule has 0 unspecified atom stereocenters. The third-order valence-corrected chi connectivity index (χ3v) is 2.13. The molecular formula is C9H11BO6. The summed E-state index contributed by atoms with van der Waals surface area (Å²) in [6, 6.07) is 3.21. The number of rotatable bonds is 4. The number of benzene rings is 1. The fraction of sp³-hybridized carbons (Fsp3) is 0.333. The van der Waals surface area contributed by atoms with E-state index in [-0.39, 0.29) is 19.0 Å². The highest BCUT2D eigenvalue weighted by atomic mass is 16.7. The first-order chi connectivity index (χ1) is 7.74. The predicted molar refractivity (Wildman–Crippen MR) is 54.9 cm³/mol. The van der Waals surface area contributed by atoms with Crippen LogP contribution in [0.25, 0.3) is 0 Å². The molecule has 0 bridgehead atoms. The van der Waals surface area contributed by atoms with E-state index in [4.69, 9.17) is 18.9 Å². The highest BCUT2D eigenvalue weighted by Crippen LogP contribution is 2.33. The fourth-order valence-corrected chi connectivity index (χ4v) is 1.47. The fourth-order valence-electron chi connectivity index (χ4n) is 1.47. The van der Waals surface area contributed by atoms with Gasteiger partial charge in [-0.05, 0) is 12.1 Å². The maximum absolute atomic E-state index is 9.27. The molecule has 1 aromatic rings. The predicted octanol–water partition coefficient (Wildman–Crippen LogP) is -0.922. The molecule has 6 nitrogen and oxygen atoms in total. The molecule has 2 N–H and O–H groups in total. The van der Waals surface area contributed by atoms with Crippen molar-refractivity contribution in [1.82, 2.24) is 0 Å². The molecule has 0 spiro atoms. The van der Waals surface area contributed by atoms with Gasteiger partial charge in [0.15, 0.2) is 18.3 Å². The van der Waals surface area contributed by atoms with Crippen molar-refractivity contribution in [3.05, 3.63) is 12.1 Å². The average Bonchev–Trinajstić information content (AvgIpc) is 2.72. The van der Waals surface area contributed by atoms with Crippen molar-refractivity contribution in [2.45, 2.75) is 0 Å². The second kappa shape index (κ2) is 4.61. The van der Waals surface area contributed by atoms with Crippen molar-refractivity contribution < 1.29 is 29.0 Å². The molecule has 0 aromatic heterocycles. The molecular weight excluding hydrogens is 215 g/mol. The maximum atomic E-state index is 9.27. The molecule has 2 rings (SSSR count). The zero-order chi connectivity index (χ0) is 11.5. The van der Waals surface area contributed by atoms with Crippen LogP contribution in [0, 0.1) is 0 Å². The van der Waals surface area contributed by atoms with Crippen LogP contribution in [0.5, 0.6) is 17.2 Å². The largest absolute Gasteiger partial charge is 0.496 e. The van der Waals surface area contributed by atoms with E-state index in [0.29, 0.717) is 17.2 Å². The maximum Gasteiger partial charge on any atom is 0.496 e. The summed E-state index contributed by atoms with van der Waals surface area (Å²) in [5, 5.41) is 18.5. The van der Waals surface area contributed by atoms with Gasteiger partial charge < -0.3 is 29.0 Å². The minimum absolute atomic E-state index is 0.0133. The van der Waals surface area contributed by atoms with Gasteiger partial charge in [-0.25, -0.2) is 0 Å². The van der Waals surface area contributed by atoms with Gasteiger partial charge in [0.1, 0.15) is 5.75 Å². The van der Waals surface area contributed by atoms with Crippen LogP contribution in [-0.2, 0) is 4.74 Å². The van der Waals surface area contributed by atoms with Crippen LogP contribution in [0.4, 0.5) is 0 Å². The van der Waals surface area contributed by atoms with Crippen LogP contribution in [-0.4, -0.2) is 37.9 Å². The number of hydrogen-bond donors (Lipinski definition) is 2. The minimum Gasteiger partial charge on any atom is -0.468 e. The van der Waals surface area contributed by atoms with Gasteiger partial charge in [-0.15, -0.1) is 0 Å². The quantitative estimate of drug-likeness (QED) is 0.510. The van der Waals surface area contributed by atoms with Gasteiger partial charge in [-0.2, -0.15) is 0 Å². The number of methoxy groups -OCH3 is 1. The van der Waals surface area contributed by atoms with Crippen molar-refractivity contribution >= 4 is 12.6 Å². The van der Waals surface area contributed by atoms with Gasteiger partial charge in [-0.1, -0.05) is 0 Å². The van der Waals surface area contributed by atoms with E-state index in [2.05, 4.69) is 0 Å². The lowest BCUT2D eigenvalue weighted by molar-refractivity contribution is 0.0516. The van der Waals surface area contributed by atoms with E-state index in [1.807, 2.05) is 0 Å². The van der Waals surface area contributed by atoms with Gasteiger partial charge in [0, 0.05) is 7.11 Å². The zero-order valence-corrected chi connectivity index (χ0v) is 8.67. The van der Waals surface area contributed by atoms with Crippen LogP contribution in [0.15, 0.2) is 12.1 Å². The molecule has 0 radical (unpaired) electrons. The summed E-state index contributed by atoms with van der Waals surface area (Å²) in [6.07, 6.45) is 0. The van der Waals surface area contributed by atoms with Gasteiger partial charge in [-0.3, -0.25) is 0 Å². The highest BCUT2D eigenvalue weighted by molar-refractivity contribution is 6.61. The minimum atomic E-state index is -1.69. The third kappa shape index (κ3) is 1.92. The molecule has 0 amide bonds. The molecule has 1 aliphatic heterocycles. The number of fused-ring (bicyclic) bond motifs is 1. The Hall–Kier alpha value is -1.44. The van der Waals surface area contributed by atoms with Gasteiger partial charge >= 0.3 is 7.12 Å². The molecule has 7 heteroatoms. The van der Waals surface area contributed by atoms with Crippen LogP contribution >= 0.6 is 0 Å². The van der Waals surface area contributed by atoms with Crippen molar-refractivity contribution in [3.63, 3.8) is 0 Å². The lowest BCUT2D eigenvalue weighted by Gasteiger charge is -2.12. The second-order valence-corrected chi connectivity index (χ2v) is 3.14. The van der Waals surface area contributed by atoms with Gasteiger partial charge in [0.2, 0.25) is 6.79 Å². The Kier molecular flexibility index (Phi) is 3.18. The van der Waals surface area contributed by atoms with Gasteiger partial charge in [0.25, 0.3) is 0 Å². The SMILES string of the molecule is COCOc1ccc2c(c1B(O)O)OCO2. The van der Waals surface area contributed by atoms with E-state index >= 15 is 0 Å². The number of hydrogen-bond acceptors (Lipinski definition) is 6. The van der Waals surface area contributed by atoms with E-state index in [1.54, 1.807) is 12.1 Å². The number of ether oxygens (including phenoxy) is 4. The van der Waals surface area contributed by atoms with E-state index in [1.165, 1.54) is 7.11 Å². The van der Waals surface area contributed by atoms with Crippen molar-refractivity contribution in [3.8, 4) is 17.2 Å². The monoisotopic (exact) mass is 226 g/mol. The molecule has 0 saturated carbocycles. The standard InChI is InChI=1S/C9H11BO6/c1-13-4-14-6-2-3-7-9(16-5-15-7)8(6)10(11)12/h2-3,11-12H,4-5H2,1H3. The molecule has 16 heavy (non-hydrogen) atoms. The Morgan fingerprint density at radius 3 is 2.88 bits per heavy atom. The van der Waals surface area contributed by atoms with Gasteiger partial charge in [0.05, 0.1) is 5.46 Å². The lowest BCUT2D eigenvalue weighted by atomic mass is 9.78. The first kappa shape index (κ1) is 11.1. The summed E-state index contributed by atoms with van der Waals surface area (Å²) in [5.74, 6) is 1.05. The molecule has 1 aromatic carbocycles. The average molecular weight is 226 g/mol. The summed E-state index contributed by atoms with van der Waals surface area (Å²) in [6.45, 7) is 0.0716. The van der Waals surface area contributed by atoms with Crippen molar-refractivity contribution in [2.75, 3.05) is 20.7 Å². The van der Waals surface area contributed by atoms with Crippen molar-refractivity contribution in [2.24, 2.45) is 0 Å². The zero-order valence-electron chi connectivity index (χ0n) is 8.67. The Labute approximate surface area is 92.5 Å². The van der Waals surface area contributed by atoms with E-state index < -0.39 is 7.12 Å². The summed E-state index contributed by atoms with van der Waals surface area (Å²) < 4.78 is 20.2. The second-order valence-electron chi connectivity index (χ2n) is 3.14. The van der Waals surface area contributed by atoms with Crippen LogP contribution in [0.3, 0.4) is 0 Å². The van der Waals surface area contributed by atoms with Crippen LogP contribution in [0.2, 0.25) is 0 Å². The Bertz CT molecular complexity index is 381. The van der Waals surface area contributed by atoms with Crippen molar-refractivity contribution in [1.29, 1.82) is 0 Å². The first-order valence-corrected chi connectivity index (χ1v) is 4.64. The highest BCUT2D eigenvalue weighted by Gasteiger charge is 2.29. The van der Waals surface area contributed by atoms with Crippen LogP contribution < -0.4 is 19.7 Å². The Balaban J connectivity index is 2.37. The smallest absolute Gasteiger partial charge is 0.468 e. The molecule has 0 fully saturated rings. The summed E-state index contributed by atoms with van der Waals surface area (Å²) >= 11 is 0. The topological polar surface area (TPSA) is 77.4 Å². The summed E-state index contributed by atoms with van der Waals surface area (Å²) in [7, 11) is -0.217. The molecule has 0 atom stereocenters. The lowest BCUT2D eigenvalue weighted by Crippen LogP contribution is -2.32. The first-order valence-electron chi connectivity index (χ1n) is 4.64. The molecule has 0 saturated heterocycles. The van der Waals surface area contributed by atoms with E-state index in [9.17, 15) is 10.0 Å². The molecule has 86 valence electrons. The normalized spacial score (nSPS) is 12.7. The summed E-state index contributed by atoms with van der Waals surface area (Å²) in [5.41, 5.74) is 0.145. The Morgan fingerprint density at radius 1 is 1.38 bits per heavy atom. The molecule has 0 aliphatic carbocycles. The third-order valence-electron chi connectivity index (χ3n) is 2.13. The molecule has 1 heterocycles. The summed E-state index contributed by atoms with van der Waals surface area (Å²) in [4.78, 5) is 0. The van der Waals surface area contributed by atoms with Crippen LogP contribution in [0.1, 0.15) is 0 Å². The van der Waals surface area contributed by atoms with E-state index in [0.717, 1.165) is 0 Å².